The van der Waals surface area contributed by atoms with Crippen molar-refractivity contribution in [3.05, 3.63) is 59.7 Å². The SMILES string of the molecule is CNc1ccc(C(O)Cc2cccc(O)c2)cc1. The van der Waals surface area contributed by atoms with Crippen LogP contribution in [0.1, 0.15) is 17.2 Å². The summed E-state index contributed by atoms with van der Waals surface area (Å²) in [4.78, 5) is 0. The predicted octanol–water partition coefficient (Wildman–Crippen LogP) is 2.71. The Morgan fingerprint density at radius 1 is 1.11 bits per heavy atom. The van der Waals surface area contributed by atoms with E-state index in [1.807, 2.05) is 37.4 Å². The van der Waals surface area contributed by atoms with E-state index >= 15 is 0 Å². The van der Waals surface area contributed by atoms with Crippen LogP contribution in [0.4, 0.5) is 5.69 Å². The van der Waals surface area contributed by atoms with Gasteiger partial charge in [0.15, 0.2) is 0 Å². The van der Waals surface area contributed by atoms with Gasteiger partial charge >= 0.3 is 0 Å². The molecule has 0 aliphatic carbocycles. The number of aliphatic hydroxyl groups is 1. The van der Waals surface area contributed by atoms with E-state index < -0.39 is 6.10 Å². The Kier molecular flexibility index (Phi) is 3.85. The molecule has 1 unspecified atom stereocenters. The van der Waals surface area contributed by atoms with Crippen molar-refractivity contribution in [1.82, 2.24) is 0 Å². The number of hydrogen-bond donors (Lipinski definition) is 3. The van der Waals surface area contributed by atoms with Crippen molar-refractivity contribution in [2.24, 2.45) is 0 Å². The molecule has 2 rings (SSSR count). The minimum atomic E-state index is -0.558. The fourth-order valence-corrected chi connectivity index (χ4v) is 1.90. The van der Waals surface area contributed by atoms with Crippen LogP contribution in [0.25, 0.3) is 0 Å². The van der Waals surface area contributed by atoms with Gasteiger partial charge < -0.3 is 15.5 Å². The zero-order valence-electron chi connectivity index (χ0n) is 10.3. The van der Waals surface area contributed by atoms with E-state index in [4.69, 9.17) is 0 Å². The van der Waals surface area contributed by atoms with Crippen molar-refractivity contribution >= 4 is 5.69 Å². The van der Waals surface area contributed by atoms with Crippen molar-refractivity contribution in [1.29, 1.82) is 0 Å². The summed E-state index contributed by atoms with van der Waals surface area (Å²) in [6.45, 7) is 0. The molecular weight excluding hydrogens is 226 g/mol. The highest BCUT2D eigenvalue weighted by atomic mass is 16.3. The molecule has 0 aromatic heterocycles. The average molecular weight is 243 g/mol. The molecule has 0 saturated carbocycles. The monoisotopic (exact) mass is 243 g/mol. The summed E-state index contributed by atoms with van der Waals surface area (Å²) in [5, 5.41) is 22.5. The molecule has 94 valence electrons. The Morgan fingerprint density at radius 2 is 1.83 bits per heavy atom. The second-order valence-electron chi connectivity index (χ2n) is 4.26. The van der Waals surface area contributed by atoms with E-state index in [9.17, 15) is 10.2 Å². The van der Waals surface area contributed by atoms with Crippen LogP contribution < -0.4 is 5.32 Å². The molecule has 0 radical (unpaired) electrons. The van der Waals surface area contributed by atoms with E-state index in [0.29, 0.717) is 6.42 Å². The summed E-state index contributed by atoms with van der Waals surface area (Å²) in [6, 6.07) is 14.6. The Morgan fingerprint density at radius 3 is 2.44 bits per heavy atom. The molecule has 0 saturated heterocycles. The molecule has 1 atom stereocenters. The lowest BCUT2D eigenvalue weighted by Crippen LogP contribution is -2.01. The molecule has 0 spiro atoms. The summed E-state index contributed by atoms with van der Waals surface area (Å²) < 4.78 is 0. The Bertz CT molecular complexity index is 508. The summed E-state index contributed by atoms with van der Waals surface area (Å²) in [7, 11) is 1.86. The van der Waals surface area contributed by atoms with Gasteiger partial charge in [-0.25, -0.2) is 0 Å². The highest BCUT2D eigenvalue weighted by molar-refractivity contribution is 5.44. The molecule has 0 heterocycles. The van der Waals surface area contributed by atoms with Gasteiger partial charge in [0.2, 0.25) is 0 Å². The summed E-state index contributed by atoms with van der Waals surface area (Å²) in [6.07, 6.45) is -0.0643. The summed E-state index contributed by atoms with van der Waals surface area (Å²) in [5.41, 5.74) is 2.81. The molecule has 18 heavy (non-hydrogen) atoms. The molecule has 2 aromatic carbocycles. The number of rotatable bonds is 4. The molecule has 3 N–H and O–H groups in total. The van der Waals surface area contributed by atoms with E-state index in [2.05, 4.69) is 5.32 Å². The van der Waals surface area contributed by atoms with E-state index in [1.165, 1.54) is 0 Å². The maximum atomic E-state index is 10.1. The van der Waals surface area contributed by atoms with Gasteiger partial charge in [0.05, 0.1) is 6.10 Å². The van der Waals surface area contributed by atoms with Gasteiger partial charge in [0.25, 0.3) is 0 Å². The van der Waals surface area contributed by atoms with Crippen LogP contribution in [0.15, 0.2) is 48.5 Å². The van der Waals surface area contributed by atoms with Crippen LogP contribution >= 0.6 is 0 Å². The highest BCUT2D eigenvalue weighted by Gasteiger charge is 2.08. The molecule has 3 heteroatoms. The van der Waals surface area contributed by atoms with Crippen LogP contribution in [0, 0.1) is 0 Å². The number of aliphatic hydroxyl groups excluding tert-OH is 1. The predicted molar refractivity (Wildman–Crippen MR) is 72.8 cm³/mol. The van der Waals surface area contributed by atoms with Crippen molar-refractivity contribution in [2.45, 2.75) is 12.5 Å². The fourth-order valence-electron chi connectivity index (χ4n) is 1.90. The zero-order chi connectivity index (χ0) is 13.0. The van der Waals surface area contributed by atoms with E-state index in [-0.39, 0.29) is 5.75 Å². The number of benzene rings is 2. The third kappa shape index (κ3) is 3.02. The van der Waals surface area contributed by atoms with Crippen LogP contribution in [0.5, 0.6) is 5.75 Å². The molecule has 0 aliphatic rings. The third-order valence-corrected chi connectivity index (χ3v) is 2.92. The average Bonchev–Trinajstić information content (AvgIpc) is 2.39. The van der Waals surface area contributed by atoms with Gasteiger partial charge in [-0.3, -0.25) is 0 Å². The quantitative estimate of drug-likeness (QED) is 0.774. The van der Waals surface area contributed by atoms with Crippen LogP contribution in [-0.2, 0) is 6.42 Å². The topological polar surface area (TPSA) is 52.5 Å². The number of hydrogen-bond acceptors (Lipinski definition) is 3. The molecule has 0 bridgehead atoms. The minimum Gasteiger partial charge on any atom is -0.508 e. The molecular formula is C15H17NO2. The molecule has 0 fully saturated rings. The Hall–Kier alpha value is -2.00. The summed E-state index contributed by atoms with van der Waals surface area (Å²) >= 11 is 0. The number of nitrogens with one attached hydrogen (secondary N) is 1. The lowest BCUT2D eigenvalue weighted by Gasteiger charge is -2.12. The van der Waals surface area contributed by atoms with Gasteiger partial charge in [-0.2, -0.15) is 0 Å². The fraction of sp³-hybridized carbons (Fsp3) is 0.200. The van der Waals surface area contributed by atoms with E-state index in [0.717, 1.165) is 16.8 Å². The van der Waals surface area contributed by atoms with Crippen LogP contribution in [-0.4, -0.2) is 17.3 Å². The van der Waals surface area contributed by atoms with E-state index in [1.54, 1.807) is 18.2 Å². The van der Waals surface area contributed by atoms with Crippen molar-refractivity contribution in [3.8, 4) is 5.75 Å². The van der Waals surface area contributed by atoms with Gasteiger partial charge in [0.1, 0.15) is 5.75 Å². The lowest BCUT2D eigenvalue weighted by molar-refractivity contribution is 0.178. The lowest BCUT2D eigenvalue weighted by atomic mass is 10.0. The molecule has 0 aliphatic heterocycles. The smallest absolute Gasteiger partial charge is 0.115 e. The number of phenolic OH excluding ortho intramolecular Hbond substituents is 1. The first-order chi connectivity index (χ1) is 8.69. The van der Waals surface area contributed by atoms with Gasteiger partial charge in [-0.1, -0.05) is 24.3 Å². The largest absolute Gasteiger partial charge is 0.508 e. The van der Waals surface area contributed by atoms with Crippen LogP contribution in [0.2, 0.25) is 0 Å². The first kappa shape index (κ1) is 12.5. The van der Waals surface area contributed by atoms with Crippen molar-refractivity contribution < 1.29 is 10.2 Å². The first-order valence-electron chi connectivity index (χ1n) is 5.93. The van der Waals surface area contributed by atoms with Crippen molar-refractivity contribution in [2.75, 3.05) is 12.4 Å². The molecule has 3 nitrogen and oxygen atoms in total. The highest BCUT2D eigenvalue weighted by Crippen LogP contribution is 2.21. The zero-order valence-corrected chi connectivity index (χ0v) is 10.3. The van der Waals surface area contributed by atoms with Gasteiger partial charge in [-0.05, 0) is 35.4 Å². The third-order valence-electron chi connectivity index (χ3n) is 2.92. The number of aromatic hydroxyl groups is 1. The number of anilines is 1. The number of phenols is 1. The van der Waals surface area contributed by atoms with Crippen LogP contribution in [0.3, 0.4) is 0 Å². The second kappa shape index (κ2) is 5.56. The standard InChI is InChI=1S/C15H17NO2/c1-16-13-7-5-12(6-8-13)15(18)10-11-3-2-4-14(17)9-11/h2-9,15-18H,10H2,1H3. The Labute approximate surface area is 107 Å². The van der Waals surface area contributed by atoms with Gasteiger partial charge in [0, 0.05) is 19.2 Å². The summed E-state index contributed by atoms with van der Waals surface area (Å²) in [5.74, 6) is 0.227. The molecule has 0 amide bonds. The maximum absolute atomic E-state index is 10.1. The van der Waals surface area contributed by atoms with Gasteiger partial charge in [-0.15, -0.1) is 0 Å². The maximum Gasteiger partial charge on any atom is 0.115 e. The Balaban J connectivity index is 2.09. The molecule has 2 aromatic rings. The normalized spacial score (nSPS) is 12.1. The first-order valence-corrected chi connectivity index (χ1v) is 5.93. The minimum absolute atomic E-state index is 0.227. The van der Waals surface area contributed by atoms with Crippen molar-refractivity contribution in [3.63, 3.8) is 0 Å². The second-order valence-corrected chi connectivity index (χ2v) is 4.26.